The molecular formula is C71H72N4O. The van der Waals surface area contributed by atoms with Crippen LogP contribution in [0.15, 0.2) is 188 Å². The smallest absolute Gasteiger partial charge is 0.137 e. The Morgan fingerprint density at radius 1 is 0.434 bits per heavy atom. The molecule has 0 spiro atoms. The molecule has 0 atom stereocenters. The van der Waals surface area contributed by atoms with Gasteiger partial charge in [-0.3, -0.25) is 4.57 Å². The summed E-state index contributed by atoms with van der Waals surface area (Å²) < 4.78 is 35.4. The molecule has 0 saturated heterocycles. The van der Waals surface area contributed by atoms with E-state index in [1.807, 2.05) is 24.3 Å². The first kappa shape index (κ1) is 46.6. The summed E-state index contributed by atoms with van der Waals surface area (Å²) >= 11 is 0. The first-order chi connectivity index (χ1) is 37.3. The second kappa shape index (κ2) is 18.7. The van der Waals surface area contributed by atoms with Crippen LogP contribution in [0.4, 0.5) is 22.7 Å². The van der Waals surface area contributed by atoms with Crippen molar-refractivity contribution < 1.29 is 8.85 Å². The summed E-state index contributed by atoms with van der Waals surface area (Å²) in [6.45, 7) is 25.2. The van der Waals surface area contributed by atoms with Gasteiger partial charge in [0.1, 0.15) is 24.0 Å². The van der Waals surface area contributed by atoms with E-state index in [2.05, 4.69) is 249 Å². The normalized spacial score (nSPS) is 14.0. The molecule has 0 aliphatic carbocycles. The van der Waals surface area contributed by atoms with E-state index >= 15 is 0 Å². The van der Waals surface area contributed by atoms with Crippen LogP contribution in [0, 0.1) is 6.85 Å². The van der Waals surface area contributed by atoms with Crippen LogP contribution in [0.25, 0.3) is 61.0 Å². The number of pyridine rings is 1. The lowest BCUT2D eigenvalue weighted by Crippen LogP contribution is -2.25. The van der Waals surface area contributed by atoms with Crippen molar-refractivity contribution in [3.8, 4) is 50.7 Å². The van der Waals surface area contributed by atoms with E-state index in [1.54, 1.807) is 12.3 Å². The monoisotopic (exact) mass is 1000 g/mol. The number of rotatable bonds is 8. The fourth-order valence-electron chi connectivity index (χ4n) is 10.8. The molecule has 5 nitrogen and oxygen atoms in total. The Bertz CT molecular complexity index is 3900. The van der Waals surface area contributed by atoms with Gasteiger partial charge in [-0.2, -0.15) is 0 Å². The Hall–Kier alpha value is -7.89. The molecule has 0 amide bonds. The fraction of sp³-hybridized carbons (Fsp3) is 0.254. The van der Waals surface area contributed by atoms with Gasteiger partial charge < -0.3 is 14.5 Å². The number of aryl methyl sites for hydroxylation is 1. The van der Waals surface area contributed by atoms with Crippen LogP contribution >= 0.6 is 0 Å². The summed E-state index contributed by atoms with van der Waals surface area (Å²) in [5.41, 5.74) is 17.3. The minimum atomic E-state index is -2.40. The SMILES string of the molecule is [2H]C([2H])([2H])c1cc(-n2c3ccc(C(C)(C)C)cc3c3ccc(Oc4cccc(N5CN(c6c(-c7ccccc7)cccc6-c6cc(C(C)(C)C)cc(C(C)(C)C)c6)c6ccccc65)c4)cc32)ncc1-c1ccc(C(C)(C)C)cc1. The summed E-state index contributed by atoms with van der Waals surface area (Å²) in [6, 6.07) is 64.5. The molecule has 0 saturated carbocycles. The quantitative estimate of drug-likeness (QED) is 0.152. The first-order valence-corrected chi connectivity index (χ1v) is 26.8. The van der Waals surface area contributed by atoms with Crippen molar-refractivity contribution in [2.75, 3.05) is 16.5 Å². The van der Waals surface area contributed by atoms with Gasteiger partial charge in [-0.15, -0.1) is 0 Å². The molecule has 76 heavy (non-hydrogen) atoms. The summed E-state index contributed by atoms with van der Waals surface area (Å²) in [5.74, 6) is 1.86. The molecule has 1 aliphatic rings. The Balaban J connectivity index is 0.996. The maximum atomic E-state index is 8.79. The van der Waals surface area contributed by atoms with E-state index in [0.29, 0.717) is 29.5 Å². The van der Waals surface area contributed by atoms with Crippen LogP contribution in [0.1, 0.15) is 115 Å². The summed E-state index contributed by atoms with van der Waals surface area (Å²) in [6.07, 6.45) is 1.72. The van der Waals surface area contributed by atoms with Crippen molar-refractivity contribution in [1.29, 1.82) is 0 Å². The molecule has 0 bridgehead atoms. The predicted octanol–water partition coefficient (Wildman–Crippen LogP) is 19.7. The topological polar surface area (TPSA) is 33.5 Å². The van der Waals surface area contributed by atoms with E-state index in [1.165, 1.54) is 38.9 Å². The van der Waals surface area contributed by atoms with Crippen LogP contribution in [0.3, 0.4) is 0 Å². The molecular weight excluding hydrogens is 925 g/mol. The van der Waals surface area contributed by atoms with Gasteiger partial charge in [0.2, 0.25) is 0 Å². The fourth-order valence-corrected chi connectivity index (χ4v) is 10.8. The molecule has 1 aliphatic heterocycles. The third-order valence-electron chi connectivity index (χ3n) is 15.3. The average molecular weight is 1000 g/mol. The van der Waals surface area contributed by atoms with Crippen molar-refractivity contribution in [3.05, 3.63) is 216 Å². The summed E-state index contributed by atoms with van der Waals surface area (Å²) in [7, 11) is 0. The highest BCUT2D eigenvalue weighted by Crippen LogP contribution is 2.51. The van der Waals surface area contributed by atoms with Gasteiger partial charge in [0.25, 0.3) is 0 Å². The van der Waals surface area contributed by atoms with Crippen LogP contribution in [-0.4, -0.2) is 16.2 Å². The van der Waals surface area contributed by atoms with Gasteiger partial charge in [0.15, 0.2) is 0 Å². The van der Waals surface area contributed by atoms with E-state index in [4.69, 9.17) is 13.8 Å². The molecule has 382 valence electrons. The molecule has 0 unspecified atom stereocenters. The maximum absolute atomic E-state index is 8.79. The molecule has 0 N–H and O–H groups in total. The zero-order valence-electron chi connectivity index (χ0n) is 49.3. The standard InChI is InChI=1S/C71H72N4O/c1-46-37-66(72-44-61(46)48-29-31-50(32-30-48)68(2,3)4)75-62-36-33-51(69(5,6)7)41-60(62)59-35-34-56(43-65(59)75)76-55-24-19-23-54(42-55)73-45-74(64-28-18-17-27-63(64)73)67-57(47-21-15-14-16-22-47)25-20-26-58(67)49-38-52(70(8,9)10)40-53(39-49)71(11,12)13/h14-44H,45H2,1-13H3/i1D3. The lowest BCUT2D eigenvalue weighted by Gasteiger charge is -2.29. The first-order valence-electron chi connectivity index (χ1n) is 28.3. The van der Waals surface area contributed by atoms with Crippen LogP contribution in [0.5, 0.6) is 11.5 Å². The Morgan fingerprint density at radius 2 is 1.03 bits per heavy atom. The van der Waals surface area contributed by atoms with Crippen LogP contribution < -0.4 is 14.5 Å². The second-order valence-corrected chi connectivity index (χ2v) is 24.9. The molecule has 0 fully saturated rings. The van der Waals surface area contributed by atoms with Crippen molar-refractivity contribution in [3.63, 3.8) is 0 Å². The van der Waals surface area contributed by atoms with Crippen molar-refractivity contribution in [1.82, 2.24) is 9.55 Å². The number of hydrogen-bond donors (Lipinski definition) is 0. The largest absolute Gasteiger partial charge is 0.457 e. The zero-order chi connectivity index (χ0) is 56.0. The van der Waals surface area contributed by atoms with Crippen LogP contribution in [0.2, 0.25) is 0 Å². The van der Waals surface area contributed by atoms with E-state index in [-0.39, 0.29) is 27.2 Å². The number of ether oxygens (including phenoxy) is 1. The Morgan fingerprint density at radius 3 is 1.68 bits per heavy atom. The molecule has 11 rings (SSSR count). The minimum absolute atomic E-state index is 0.0385. The van der Waals surface area contributed by atoms with Gasteiger partial charge in [0, 0.05) is 55.6 Å². The molecule has 10 aromatic rings. The lowest BCUT2D eigenvalue weighted by atomic mass is 9.78. The average Bonchev–Trinajstić information content (AvgIpc) is 3.89. The van der Waals surface area contributed by atoms with Gasteiger partial charge in [0.05, 0.1) is 28.1 Å². The minimum Gasteiger partial charge on any atom is -0.457 e. The van der Waals surface area contributed by atoms with Crippen LogP contribution in [-0.2, 0) is 21.7 Å². The number of hydrogen-bond acceptors (Lipinski definition) is 4. The highest BCUT2D eigenvalue weighted by molar-refractivity contribution is 6.10. The Kier molecular flexibility index (Phi) is 11.5. The Labute approximate surface area is 455 Å². The highest BCUT2D eigenvalue weighted by atomic mass is 16.5. The maximum Gasteiger partial charge on any atom is 0.137 e. The molecule has 8 aromatic carbocycles. The van der Waals surface area contributed by atoms with Crippen molar-refractivity contribution >= 4 is 44.6 Å². The zero-order valence-corrected chi connectivity index (χ0v) is 46.3. The van der Waals surface area contributed by atoms with E-state index in [0.717, 1.165) is 55.7 Å². The van der Waals surface area contributed by atoms with E-state index in [9.17, 15) is 0 Å². The third kappa shape index (κ3) is 9.46. The second-order valence-electron chi connectivity index (χ2n) is 24.9. The number of benzene rings is 8. The highest BCUT2D eigenvalue weighted by Gasteiger charge is 2.32. The number of fused-ring (bicyclic) bond motifs is 4. The predicted molar refractivity (Wildman–Crippen MR) is 323 cm³/mol. The summed E-state index contributed by atoms with van der Waals surface area (Å²) in [5, 5.41) is 2.07. The third-order valence-corrected chi connectivity index (χ3v) is 15.3. The summed E-state index contributed by atoms with van der Waals surface area (Å²) in [4.78, 5) is 9.93. The van der Waals surface area contributed by atoms with Gasteiger partial charge >= 0.3 is 0 Å². The number of aromatic nitrogens is 2. The lowest BCUT2D eigenvalue weighted by molar-refractivity contribution is 0.483. The number of para-hydroxylation sites is 3. The van der Waals surface area contributed by atoms with Gasteiger partial charge in [-0.25, -0.2) is 4.98 Å². The number of nitrogens with zero attached hydrogens (tertiary/aromatic N) is 4. The van der Waals surface area contributed by atoms with E-state index < -0.39 is 6.85 Å². The molecule has 2 aromatic heterocycles. The van der Waals surface area contributed by atoms with Crippen molar-refractivity contribution in [2.24, 2.45) is 0 Å². The molecule has 0 radical (unpaired) electrons. The molecule has 5 heteroatoms. The number of anilines is 4. The molecule has 3 heterocycles. The van der Waals surface area contributed by atoms with Crippen molar-refractivity contribution in [2.45, 2.75) is 112 Å². The van der Waals surface area contributed by atoms with Gasteiger partial charge in [-0.05, 0) is 128 Å². The van der Waals surface area contributed by atoms with Gasteiger partial charge in [-0.1, -0.05) is 198 Å².